The second-order valence-corrected chi connectivity index (χ2v) is 7.54. The monoisotopic (exact) mass is 455 g/mol. The number of methoxy groups -OCH3 is 1. The molecular formula is C24H29N3O6. The second-order valence-electron chi connectivity index (χ2n) is 7.54. The largest absolute Gasteiger partial charge is 0.493 e. The highest BCUT2D eigenvalue weighted by atomic mass is 16.5. The summed E-state index contributed by atoms with van der Waals surface area (Å²) in [5.41, 5.74) is 5.69. The van der Waals surface area contributed by atoms with Crippen LogP contribution >= 0.6 is 0 Å². The quantitative estimate of drug-likeness (QED) is 0.445. The predicted molar refractivity (Wildman–Crippen MR) is 123 cm³/mol. The van der Waals surface area contributed by atoms with Gasteiger partial charge in [0.15, 0.2) is 17.6 Å². The van der Waals surface area contributed by atoms with Crippen LogP contribution in [0.4, 0.5) is 5.69 Å². The highest BCUT2D eigenvalue weighted by Crippen LogP contribution is 2.33. The molecule has 0 fully saturated rings. The number of hydrogen-bond acceptors (Lipinski definition) is 6. The van der Waals surface area contributed by atoms with Gasteiger partial charge in [-0.05, 0) is 43.7 Å². The first kappa shape index (κ1) is 23.9. The Morgan fingerprint density at radius 3 is 2.67 bits per heavy atom. The lowest BCUT2D eigenvalue weighted by atomic mass is 10.1. The average molecular weight is 456 g/mol. The van der Waals surface area contributed by atoms with Crippen LogP contribution in [0, 0.1) is 0 Å². The van der Waals surface area contributed by atoms with Crippen LogP contribution in [0.3, 0.4) is 0 Å². The van der Waals surface area contributed by atoms with Crippen LogP contribution in [0.5, 0.6) is 17.2 Å². The number of carbonyl (C=O) groups excluding carboxylic acids is 3. The Morgan fingerprint density at radius 1 is 1.12 bits per heavy atom. The van der Waals surface area contributed by atoms with Gasteiger partial charge in [-0.25, -0.2) is 0 Å². The number of ether oxygens (including phenoxy) is 3. The van der Waals surface area contributed by atoms with Gasteiger partial charge >= 0.3 is 0 Å². The fourth-order valence-corrected chi connectivity index (χ4v) is 3.32. The van der Waals surface area contributed by atoms with Gasteiger partial charge in [-0.15, -0.1) is 0 Å². The lowest BCUT2D eigenvalue weighted by molar-refractivity contribution is -0.125. The van der Waals surface area contributed by atoms with Crippen molar-refractivity contribution in [2.75, 3.05) is 25.2 Å². The molecule has 1 aliphatic heterocycles. The van der Waals surface area contributed by atoms with Crippen molar-refractivity contribution in [1.29, 1.82) is 0 Å². The Kier molecular flexibility index (Phi) is 8.12. The maximum atomic E-state index is 12.5. The first-order valence-corrected chi connectivity index (χ1v) is 10.9. The summed E-state index contributed by atoms with van der Waals surface area (Å²) in [7, 11) is 1.50. The van der Waals surface area contributed by atoms with Gasteiger partial charge < -0.3 is 19.1 Å². The Morgan fingerprint density at radius 2 is 1.91 bits per heavy atom. The highest BCUT2D eigenvalue weighted by molar-refractivity contribution is 6.00. The number of unbranched alkanes of at least 4 members (excludes halogenated alkanes) is 1. The van der Waals surface area contributed by atoms with E-state index >= 15 is 0 Å². The van der Waals surface area contributed by atoms with Gasteiger partial charge in [-0.3, -0.25) is 25.2 Å². The van der Waals surface area contributed by atoms with Crippen molar-refractivity contribution < 1.29 is 28.6 Å². The second kappa shape index (κ2) is 11.2. The Balaban J connectivity index is 1.54. The van der Waals surface area contributed by atoms with Gasteiger partial charge in [0, 0.05) is 18.5 Å². The maximum Gasteiger partial charge on any atom is 0.269 e. The first-order chi connectivity index (χ1) is 15.9. The number of rotatable bonds is 9. The van der Waals surface area contributed by atoms with Crippen LogP contribution in [-0.2, 0) is 9.59 Å². The topological polar surface area (TPSA) is 106 Å². The van der Waals surface area contributed by atoms with Gasteiger partial charge in [0.05, 0.1) is 19.4 Å². The molecule has 176 valence electrons. The summed E-state index contributed by atoms with van der Waals surface area (Å²) < 4.78 is 16.6. The number of hydrazine groups is 1. The van der Waals surface area contributed by atoms with Crippen molar-refractivity contribution >= 4 is 23.4 Å². The fourth-order valence-electron chi connectivity index (χ4n) is 3.32. The zero-order chi connectivity index (χ0) is 23.8. The van der Waals surface area contributed by atoms with E-state index < -0.39 is 17.9 Å². The maximum absolute atomic E-state index is 12.5. The summed E-state index contributed by atoms with van der Waals surface area (Å²) in [5.74, 6) is 0.426. The van der Waals surface area contributed by atoms with Gasteiger partial charge in [0.25, 0.3) is 11.8 Å². The molecule has 0 saturated carbocycles. The molecule has 0 radical (unpaired) electrons. The number of benzene rings is 2. The van der Waals surface area contributed by atoms with E-state index in [0.29, 0.717) is 35.1 Å². The predicted octanol–water partition coefficient (Wildman–Crippen LogP) is 2.84. The van der Waals surface area contributed by atoms with Crippen molar-refractivity contribution in [3.05, 3.63) is 48.0 Å². The third kappa shape index (κ3) is 5.94. The molecular weight excluding hydrogens is 426 g/mol. The van der Waals surface area contributed by atoms with Crippen molar-refractivity contribution in [2.45, 2.75) is 39.2 Å². The van der Waals surface area contributed by atoms with E-state index in [1.165, 1.54) is 12.0 Å². The molecule has 9 heteroatoms. The summed E-state index contributed by atoms with van der Waals surface area (Å²) in [6, 6.07) is 12.0. The van der Waals surface area contributed by atoms with Crippen LogP contribution in [0.25, 0.3) is 0 Å². The molecule has 3 rings (SSSR count). The summed E-state index contributed by atoms with van der Waals surface area (Å²) in [6.45, 7) is 4.45. The zero-order valence-corrected chi connectivity index (χ0v) is 19.1. The Labute approximate surface area is 193 Å². The number of anilines is 1. The summed E-state index contributed by atoms with van der Waals surface area (Å²) in [6.07, 6.45) is 1.29. The molecule has 0 saturated heterocycles. The number of fused-ring (bicyclic) bond motifs is 1. The minimum Gasteiger partial charge on any atom is -0.493 e. The molecule has 2 aromatic rings. The number of carbonyl (C=O) groups is 3. The van der Waals surface area contributed by atoms with Crippen LogP contribution < -0.4 is 30.0 Å². The van der Waals surface area contributed by atoms with Gasteiger partial charge in [0.1, 0.15) is 5.75 Å². The Bertz CT molecular complexity index is 1010. The van der Waals surface area contributed by atoms with Crippen molar-refractivity contribution in [2.24, 2.45) is 0 Å². The lowest BCUT2D eigenvalue weighted by Crippen LogP contribution is -2.47. The van der Waals surface area contributed by atoms with E-state index in [9.17, 15) is 14.4 Å². The Hall–Kier alpha value is -3.75. The molecule has 0 aromatic heterocycles. The normalized spacial score (nSPS) is 14.7. The molecule has 33 heavy (non-hydrogen) atoms. The highest BCUT2D eigenvalue weighted by Gasteiger charge is 2.31. The fraction of sp³-hybridized carbons (Fsp3) is 0.375. The van der Waals surface area contributed by atoms with Gasteiger partial charge in [0.2, 0.25) is 5.91 Å². The molecule has 1 unspecified atom stereocenters. The van der Waals surface area contributed by atoms with Crippen LogP contribution in [0.1, 0.15) is 43.5 Å². The number of amides is 3. The first-order valence-electron chi connectivity index (χ1n) is 10.9. The van der Waals surface area contributed by atoms with E-state index in [0.717, 1.165) is 12.8 Å². The summed E-state index contributed by atoms with van der Waals surface area (Å²) in [4.78, 5) is 38.8. The molecule has 0 bridgehead atoms. The molecule has 2 aromatic carbocycles. The smallest absolute Gasteiger partial charge is 0.269 e. The molecule has 2 N–H and O–H groups in total. The zero-order valence-electron chi connectivity index (χ0n) is 19.1. The third-order valence-corrected chi connectivity index (χ3v) is 5.13. The van der Waals surface area contributed by atoms with Crippen molar-refractivity contribution in [1.82, 2.24) is 10.9 Å². The van der Waals surface area contributed by atoms with Crippen molar-refractivity contribution in [3.63, 3.8) is 0 Å². The molecule has 1 aliphatic rings. The van der Waals surface area contributed by atoms with Gasteiger partial charge in [-0.1, -0.05) is 25.5 Å². The molecule has 3 amide bonds. The van der Waals surface area contributed by atoms with E-state index in [1.807, 2.05) is 6.07 Å². The number of hydrogen-bond donors (Lipinski definition) is 2. The molecule has 0 spiro atoms. The SMILES string of the molecule is CCCCOc1ccc(C(=O)NNC(=O)CCN2C(=O)C(C)Oc3ccccc32)cc1OC. The third-order valence-electron chi connectivity index (χ3n) is 5.13. The standard InChI is InChI=1S/C24H29N3O6/c1-4-5-14-32-20-11-10-17(15-21(20)31-3)23(29)26-25-22(28)12-13-27-18-8-6-7-9-19(18)33-16(2)24(27)30/h6-11,15-16H,4-5,12-14H2,1-3H3,(H,25,28)(H,26,29). The van der Waals surface area contributed by atoms with E-state index in [-0.39, 0.29) is 18.9 Å². The lowest BCUT2D eigenvalue weighted by Gasteiger charge is -2.32. The molecule has 0 aliphatic carbocycles. The summed E-state index contributed by atoms with van der Waals surface area (Å²) >= 11 is 0. The molecule has 1 atom stereocenters. The van der Waals surface area contributed by atoms with E-state index in [4.69, 9.17) is 14.2 Å². The minimum atomic E-state index is -0.633. The molecule has 9 nitrogen and oxygen atoms in total. The number of nitrogens with zero attached hydrogens (tertiary/aromatic N) is 1. The average Bonchev–Trinajstić information content (AvgIpc) is 2.83. The van der Waals surface area contributed by atoms with E-state index in [1.54, 1.807) is 43.3 Å². The number of para-hydroxylation sites is 2. The van der Waals surface area contributed by atoms with E-state index in [2.05, 4.69) is 17.8 Å². The summed E-state index contributed by atoms with van der Waals surface area (Å²) in [5, 5.41) is 0. The minimum absolute atomic E-state index is 0.000597. The van der Waals surface area contributed by atoms with Crippen LogP contribution in [-0.4, -0.2) is 44.1 Å². The number of nitrogens with one attached hydrogen (secondary N) is 2. The van der Waals surface area contributed by atoms with Gasteiger partial charge in [-0.2, -0.15) is 0 Å². The molecule has 1 heterocycles. The van der Waals surface area contributed by atoms with Crippen LogP contribution in [0.2, 0.25) is 0 Å². The van der Waals surface area contributed by atoms with Crippen LogP contribution in [0.15, 0.2) is 42.5 Å². The van der Waals surface area contributed by atoms with Crippen molar-refractivity contribution in [3.8, 4) is 17.2 Å².